The normalized spacial score (nSPS) is 17.0. The van der Waals surface area contributed by atoms with E-state index in [0.29, 0.717) is 35.0 Å². The van der Waals surface area contributed by atoms with Crippen molar-refractivity contribution < 1.29 is 22.7 Å². The van der Waals surface area contributed by atoms with Crippen molar-refractivity contribution in [3.8, 4) is 5.75 Å². The minimum absolute atomic E-state index is 0.0243. The van der Waals surface area contributed by atoms with Gasteiger partial charge in [-0.1, -0.05) is 42.5 Å². The molecule has 2 amide bonds. The van der Waals surface area contributed by atoms with Gasteiger partial charge in [0.15, 0.2) is 16.4 Å². The van der Waals surface area contributed by atoms with Gasteiger partial charge in [-0.2, -0.15) is 0 Å². The molecule has 186 valence electrons. The van der Waals surface area contributed by atoms with E-state index in [-0.39, 0.29) is 30.3 Å². The Hall–Kier alpha value is -3.65. The SMILES string of the molecule is CS(=O)(=O)c1cccc([C@@H](c2ccccc2)C2CCN(C(=O)c3ccc4c(c3)NC(=O)CO4)CC2)c1. The molecular weight excluding hydrogens is 476 g/mol. The summed E-state index contributed by atoms with van der Waals surface area (Å²) in [5.41, 5.74) is 3.14. The molecule has 2 heterocycles. The van der Waals surface area contributed by atoms with E-state index in [0.717, 1.165) is 24.0 Å². The summed E-state index contributed by atoms with van der Waals surface area (Å²) >= 11 is 0. The van der Waals surface area contributed by atoms with Crippen LogP contribution >= 0.6 is 0 Å². The lowest BCUT2D eigenvalue weighted by Crippen LogP contribution is -2.40. The summed E-state index contributed by atoms with van der Waals surface area (Å²) in [7, 11) is -3.32. The number of hydrogen-bond donors (Lipinski definition) is 1. The van der Waals surface area contributed by atoms with Gasteiger partial charge in [-0.05, 0) is 60.2 Å². The van der Waals surface area contributed by atoms with Gasteiger partial charge < -0.3 is 15.0 Å². The fraction of sp³-hybridized carbons (Fsp3) is 0.286. The maximum Gasteiger partial charge on any atom is 0.262 e. The average Bonchev–Trinajstić information content (AvgIpc) is 2.89. The number of benzene rings is 3. The molecule has 2 aliphatic rings. The molecule has 8 heteroatoms. The predicted octanol–water partition coefficient (Wildman–Crippen LogP) is 4.11. The molecule has 1 saturated heterocycles. The number of hydrogen-bond acceptors (Lipinski definition) is 5. The van der Waals surface area contributed by atoms with Crippen molar-refractivity contribution >= 4 is 27.3 Å². The van der Waals surface area contributed by atoms with Crippen LogP contribution in [0.1, 0.15) is 40.2 Å². The summed E-state index contributed by atoms with van der Waals surface area (Å²) in [5.74, 6) is 0.529. The Balaban J connectivity index is 1.36. The standard InChI is InChI=1S/C28H28N2O5S/c1-36(33,34)23-9-5-8-21(16-23)27(19-6-3-2-4-7-19)20-12-14-30(15-13-20)28(32)22-10-11-25-24(17-22)29-26(31)18-35-25/h2-11,16-17,20,27H,12-15,18H2,1H3,(H,29,31)/t27-/m0/s1. The monoisotopic (exact) mass is 504 g/mol. The lowest BCUT2D eigenvalue weighted by molar-refractivity contribution is -0.118. The molecule has 5 rings (SSSR count). The summed E-state index contributed by atoms with van der Waals surface area (Å²) in [6.45, 7) is 1.17. The number of nitrogens with zero attached hydrogens (tertiary/aromatic N) is 1. The second-order valence-corrected chi connectivity index (χ2v) is 11.4. The summed E-state index contributed by atoms with van der Waals surface area (Å²) in [5, 5.41) is 2.75. The minimum atomic E-state index is -3.32. The van der Waals surface area contributed by atoms with E-state index in [1.807, 2.05) is 29.2 Å². The van der Waals surface area contributed by atoms with Crippen LogP contribution in [0.3, 0.4) is 0 Å². The second kappa shape index (κ2) is 9.78. The van der Waals surface area contributed by atoms with Crippen LogP contribution in [0.15, 0.2) is 77.7 Å². The molecule has 1 N–H and O–H groups in total. The van der Waals surface area contributed by atoms with E-state index >= 15 is 0 Å². The molecule has 0 radical (unpaired) electrons. The molecule has 0 spiro atoms. The molecular formula is C28H28N2O5S. The van der Waals surface area contributed by atoms with E-state index in [1.54, 1.807) is 36.4 Å². The number of anilines is 1. The summed E-state index contributed by atoms with van der Waals surface area (Å²) in [6, 6.07) is 22.5. The van der Waals surface area contributed by atoms with Crippen LogP contribution in [0.25, 0.3) is 0 Å². The topological polar surface area (TPSA) is 92.8 Å². The van der Waals surface area contributed by atoms with Crippen molar-refractivity contribution in [1.82, 2.24) is 4.90 Å². The third-order valence-electron chi connectivity index (χ3n) is 6.96. The molecule has 1 atom stereocenters. The Morgan fingerprint density at radius 1 is 0.972 bits per heavy atom. The predicted molar refractivity (Wildman–Crippen MR) is 137 cm³/mol. The minimum Gasteiger partial charge on any atom is -0.482 e. The highest BCUT2D eigenvalue weighted by molar-refractivity contribution is 7.90. The number of rotatable bonds is 5. The number of nitrogens with one attached hydrogen (secondary N) is 1. The van der Waals surface area contributed by atoms with Gasteiger partial charge in [0.25, 0.3) is 11.8 Å². The molecule has 36 heavy (non-hydrogen) atoms. The molecule has 0 aliphatic carbocycles. The second-order valence-electron chi connectivity index (χ2n) is 9.41. The molecule has 7 nitrogen and oxygen atoms in total. The third kappa shape index (κ3) is 4.99. The molecule has 3 aromatic carbocycles. The summed E-state index contributed by atoms with van der Waals surface area (Å²) in [6.07, 6.45) is 2.81. The number of carbonyl (C=O) groups is 2. The van der Waals surface area contributed by atoms with Crippen molar-refractivity contribution in [2.45, 2.75) is 23.7 Å². The molecule has 2 aliphatic heterocycles. The van der Waals surface area contributed by atoms with E-state index in [2.05, 4.69) is 17.4 Å². The lowest BCUT2D eigenvalue weighted by atomic mass is 9.76. The maximum atomic E-state index is 13.2. The number of carbonyl (C=O) groups excluding carboxylic acids is 2. The highest BCUT2D eigenvalue weighted by Crippen LogP contribution is 2.39. The quantitative estimate of drug-likeness (QED) is 0.565. The van der Waals surface area contributed by atoms with Crippen LogP contribution in [-0.4, -0.2) is 51.1 Å². The van der Waals surface area contributed by atoms with Gasteiger partial charge >= 0.3 is 0 Å². The number of fused-ring (bicyclic) bond motifs is 1. The first kappa shape index (κ1) is 24.1. The average molecular weight is 505 g/mol. The zero-order valence-electron chi connectivity index (χ0n) is 20.0. The Morgan fingerprint density at radius 2 is 1.69 bits per heavy atom. The van der Waals surface area contributed by atoms with E-state index in [1.165, 1.54) is 6.26 Å². The van der Waals surface area contributed by atoms with Gasteiger partial charge in [0.1, 0.15) is 5.75 Å². The fourth-order valence-electron chi connectivity index (χ4n) is 5.17. The largest absolute Gasteiger partial charge is 0.482 e. The lowest BCUT2D eigenvalue weighted by Gasteiger charge is -2.37. The van der Waals surface area contributed by atoms with Gasteiger partial charge in [0, 0.05) is 30.8 Å². The van der Waals surface area contributed by atoms with Crippen LogP contribution in [0.5, 0.6) is 5.75 Å². The van der Waals surface area contributed by atoms with Gasteiger partial charge in [-0.25, -0.2) is 8.42 Å². The molecule has 0 bridgehead atoms. The van der Waals surface area contributed by atoms with Crippen molar-refractivity contribution in [3.05, 3.63) is 89.5 Å². The van der Waals surface area contributed by atoms with Crippen LogP contribution in [0, 0.1) is 5.92 Å². The molecule has 0 saturated carbocycles. The highest BCUT2D eigenvalue weighted by atomic mass is 32.2. The number of amides is 2. The molecule has 0 unspecified atom stereocenters. The molecule has 1 fully saturated rings. The van der Waals surface area contributed by atoms with Crippen LogP contribution in [0.2, 0.25) is 0 Å². The molecule has 3 aromatic rings. The van der Waals surface area contributed by atoms with Crippen molar-refractivity contribution in [2.24, 2.45) is 5.92 Å². The van der Waals surface area contributed by atoms with Gasteiger partial charge in [0.05, 0.1) is 10.6 Å². The molecule has 0 aromatic heterocycles. The Morgan fingerprint density at radius 3 is 2.42 bits per heavy atom. The van der Waals surface area contributed by atoms with Gasteiger partial charge in [-0.3, -0.25) is 9.59 Å². The number of ether oxygens (including phenoxy) is 1. The van der Waals surface area contributed by atoms with Crippen molar-refractivity contribution in [2.75, 3.05) is 31.3 Å². The van der Waals surface area contributed by atoms with E-state index in [9.17, 15) is 18.0 Å². The Labute approximate surface area is 211 Å². The zero-order chi connectivity index (χ0) is 25.3. The fourth-order valence-corrected chi connectivity index (χ4v) is 5.85. The Kier molecular flexibility index (Phi) is 6.53. The van der Waals surface area contributed by atoms with Gasteiger partial charge in [0.2, 0.25) is 0 Å². The van der Waals surface area contributed by atoms with Crippen molar-refractivity contribution in [1.29, 1.82) is 0 Å². The maximum absolute atomic E-state index is 13.2. The number of likely N-dealkylation sites (tertiary alicyclic amines) is 1. The zero-order valence-corrected chi connectivity index (χ0v) is 20.8. The first-order valence-corrected chi connectivity index (χ1v) is 13.9. The number of piperidine rings is 1. The van der Waals surface area contributed by atoms with Crippen LogP contribution in [-0.2, 0) is 14.6 Å². The van der Waals surface area contributed by atoms with Gasteiger partial charge in [-0.15, -0.1) is 0 Å². The summed E-state index contributed by atoms with van der Waals surface area (Å²) in [4.78, 5) is 27.1. The number of sulfone groups is 1. The van der Waals surface area contributed by atoms with Crippen LogP contribution in [0.4, 0.5) is 5.69 Å². The smallest absolute Gasteiger partial charge is 0.262 e. The first-order valence-electron chi connectivity index (χ1n) is 12.0. The van der Waals surface area contributed by atoms with Crippen LogP contribution < -0.4 is 10.1 Å². The highest BCUT2D eigenvalue weighted by Gasteiger charge is 2.31. The summed E-state index contributed by atoms with van der Waals surface area (Å²) < 4.78 is 29.8. The Bertz CT molecular complexity index is 1400. The van der Waals surface area contributed by atoms with E-state index < -0.39 is 9.84 Å². The van der Waals surface area contributed by atoms with E-state index in [4.69, 9.17) is 4.74 Å². The third-order valence-corrected chi connectivity index (χ3v) is 8.07. The van der Waals surface area contributed by atoms with Crippen molar-refractivity contribution in [3.63, 3.8) is 0 Å². The first-order chi connectivity index (χ1) is 17.3.